The van der Waals surface area contributed by atoms with E-state index in [-0.39, 0.29) is 12.1 Å². The first-order valence-corrected chi connectivity index (χ1v) is 6.15. The average Bonchev–Trinajstić information content (AvgIpc) is 2.79. The topological polar surface area (TPSA) is 105 Å². The van der Waals surface area contributed by atoms with Gasteiger partial charge in [-0.05, 0) is 17.7 Å². The van der Waals surface area contributed by atoms with Gasteiger partial charge in [0.1, 0.15) is 5.71 Å². The number of nitroso groups, excluding NO2 is 1. The Bertz CT molecular complexity index is 628. The van der Waals surface area contributed by atoms with Gasteiger partial charge in [0.25, 0.3) is 5.91 Å². The van der Waals surface area contributed by atoms with Gasteiger partial charge in [-0.25, -0.2) is 5.48 Å². The van der Waals surface area contributed by atoms with Gasteiger partial charge in [-0.15, -0.1) is 4.91 Å². The van der Waals surface area contributed by atoms with Gasteiger partial charge in [-0.2, -0.15) is 15.7 Å². The lowest BCUT2D eigenvalue weighted by Gasteiger charge is -2.19. The van der Waals surface area contributed by atoms with Crippen molar-refractivity contribution in [3.8, 4) is 0 Å². The maximum Gasteiger partial charge on any atom is 0.281 e. The number of amides is 1. The summed E-state index contributed by atoms with van der Waals surface area (Å²) in [5, 5.41) is 10.4. The Kier molecular flexibility index (Phi) is 4.08. The molecule has 1 aliphatic rings. The number of carbonyl (C=O) groups excluding carboxylic acids is 1. The second-order valence-electron chi connectivity index (χ2n) is 4.64. The Hall–Kier alpha value is -2.61. The molecule has 0 saturated heterocycles. The molecule has 1 aromatic rings. The van der Waals surface area contributed by atoms with E-state index in [0.717, 1.165) is 11.1 Å². The summed E-state index contributed by atoms with van der Waals surface area (Å²) in [6.07, 6.45) is 0.111. The molecule has 1 amide bonds. The third-order valence-corrected chi connectivity index (χ3v) is 3.31. The van der Waals surface area contributed by atoms with E-state index in [1.54, 1.807) is 6.07 Å². The number of nitrogens with one attached hydrogen (secondary N) is 2. The molecule has 0 bridgehead atoms. The predicted octanol–water partition coefficient (Wildman–Crippen LogP) is 0.643. The van der Waals surface area contributed by atoms with Crippen LogP contribution < -0.4 is 11.0 Å². The monoisotopic (exact) mass is 289 g/mol. The van der Waals surface area contributed by atoms with Crippen LogP contribution in [0.1, 0.15) is 16.7 Å². The lowest BCUT2D eigenvalue weighted by molar-refractivity contribution is -0.134. The van der Waals surface area contributed by atoms with Gasteiger partial charge in [0.15, 0.2) is 0 Å². The summed E-state index contributed by atoms with van der Waals surface area (Å²) in [6.45, 7) is 5.17. The van der Waals surface area contributed by atoms with Gasteiger partial charge < -0.3 is 0 Å². The van der Waals surface area contributed by atoms with Crippen LogP contribution in [0, 0.1) is 11.8 Å². The Balaban J connectivity index is 2.58. The fourth-order valence-corrected chi connectivity index (χ4v) is 2.40. The molecule has 1 aliphatic carbocycles. The summed E-state index contributed by atoms with van der Waals surface area (Å²) in [7, 11) is 1.28. The SMILES string of the molecule is C=NN/N=C1\c2ccc(C)cc2CC1(N=O)C(=O)NOC. The quantitative estimate of drug-likeness (QED) is 0.471. The van der Waals surface area contributed by atoms with E-state index in [0.29, 0.717) is 5.56 Å². The summed E-state index contributed by atoms with van der Waals surface area (Å²) in [4.78, 5) is 28.3. The Morgan fingerprint density at radius 1 is 1.48 bits per heavy atom. The molecule has 21 heavy (non-hydrogen) atoms. The van der Waals surface area contributed by atoms with Crippen molar-refractivity contribution in [1.29, 1.82) is 0 Å². The molecule has 0 aliphatic heterocycles. The number of hydroxylamine groups is 1. The summed E-state index contributed by atoms with van der Waals surface area (Å²) >= 11 is 0. The van der Waals surface area contributed by atoms with E-state index in [1.165, 1.54) is 7.11 Å². The zero-order valence-electron chi connectivity index (χ0n) is 11.7. The van der Waals surface area contributed by atoms with Crippen molar-refractivity contribution in [1.82, 2.24) is 11.0 Å². The highest BCUT2D eigenvalue weighted by Crippen LogP contribution is 2.34. The Morgan fingerprint density at radius 2 is 2.24 bits per heavy atom. The number of nitrogens with zero attached hydrogens (tertiary/aromatic N) is 3. The van der Waals surface area contributed by atoms with Crippen LogP contribution in [-0.4, -0.2) is 31.0 Å². The minimum atomic E-state index is -1.69. The zero-order chi connectivity index (χ0) is 15.5. The maximum absolute atomic E-state index is 12.2. The largest absolute Gasteiger partial charge is 0.281 e. The molecule has 8 nitrogen and oxygen atoms in total. The van der Waals surface area contributed by atoms with Crippen LogP contribution in [0.4, 0.5) is 0 Å². The number of hydrazone groups is 2. The number of aryl methyl sites for hydroxylation is 1. The molecule has 110 valence electrons. The molecule has 0 fully saturated rings. The second-order valence-corrected chi connectivity index (χ2v) is 4.64. The van der Waals surface area contributed by atoms with Crippen molar-refractivity contribution in [2.45, 2.75) is 18.9 Å². The van der Waals surface area contributed by atoms with Crippen LogP contribution in [0.5, 0.6) is 0 Å². The van der Waals surface area contributed by atoms with Gasteiger partial charge in [0, 0.05) is 18.7 Å². The maximum atomic E-state index is 12.2. The van der Waals surface area contributed by atoms with E-state index in [4.69, 9.17) is 0 Å². The van der Waals surface area contributed by atoms with Crippen LogP contribution in [0.15, 0.2) is 33.6 Å². The van der Waals surface area contributed by atoms with Crippen molar-refractivity contribution in [2.24, 2.45) is 15.4 Å². The van der Waals surface area contributed by atoms with Crippen LogP contribution >= 0.6 is 0 Å². The van der Waals surface area contributed by atoms with Crippen molar-refractivity contribution in [3.05, 3.63) is 39.8 Å². The number of rotatable bonds is 5. The number of hydrogen-bond acceptors (Lipinski definition) is 7. The highest BCUT2D eigenvalue weighted by molar-refractivity contribution is 6.23. The summed E-state index contributed by atoms with van der Waals surface area (Å²) in [5.74, 6) is -0.682. The highest BCUT2D eigenvalue weighted by Gasteiger charge is 2.52. The molecule has 2 rings (SSSR count). The molecule has 1 unspecified atom stereocenters. The Labute approximate surface area is 121 Å². The number of hydrogen-bond donors (Lipinski definition) is 2. The van der Waals surface area contributed by atoms with E-state index < -0.39 is 11.4 Å². The molecule has 0 spiro atoms. The standard InChI is InChI=1S/C13H15N5O3/c1-8-4-5-10-9(6-8)7-13(17-20,12(19)16-21-3)11(10)15-18-14-2/h4-6,18H,2,7H2,1,3H3,(H,16,19)/b15-11+. The fourth-order valence-electron chi connectivity index (χ4n) is 2.40. The number of benzene rings is 1. The zero-order valence-corrected chi connectivity index (χ0v) is 11.7. The number of fused-ring (bicyclic) bond motifs is 1. The van der Waals surface area contributed by atoms with E-state index in [9.17, 15) is 9.70 Å². The van der Waals surface area contributed by atoms with Crippen LogP contribution in [0.25, 0.3) is 0 Å². The minimum Gasteiger partial charge on any atom is -0.277 e. The molecule has 0 heterocycles. The molecule has 0 saturated carbocycles. The smallest absolute Gasteiger partial charge is 0.277 e. The molecular formula is C13H15N5O3. The van der Waals surface area contributed by atoms with Gasteiger partial charge in [0.05, 0.1) is 7.11 Å². The average molecular weight is 289 g/mol. The van der Waals surface area contributed by atoms with Crippen LogP contribution in [0.2, 0.25) is 0 Å². The second kappa shape index (κ2) is 5.80. The first-order chi connectivity index (χ1) is 10.1. The van der Waals surface area contributed by atoms with E-state index >= 15 is 0 Å². The number of carbonyl (C=O) groups is 1. The van der Waals surface area contributed by atoms with Gasteiger partial charge in [-0.1, -0.05) is 23.8 Å². The Morgan fingerprint density at radius 3 is 2.86 bits per heavy atom. The molecule has 0 radical (unpaired) electrons. The van der Waals surface area contributed by atoms with Crippen molar-refractivity contribution in [2.75, 3.05) is 7.11 Å². The van der Waals surface area contributed by atoms with Crippen LogP contribution in [0.3, 0.4) is 0 Å². The van der Waals surface area contributed by atoms with Gasteiger partial charge >= 0.3 is 0 Å². The van der Waals surface area contributed by atoms with E-state index in [1.807, 2.05) is 19.1 Å². The van der Waals surface area contributed by atoms with Crippen LogP contribution in [-0.2, 0) is 16.1 Å². The molecular weight excluding hydrogens is 274 g/mol. The van der Waals surface area contributed by atoms with Gasteiger partial charge in [0.2, 0.25) is 5.54 Å². The van der Waals surface area contributed by atoms with Crippen molar-refractivity contribution in [3.63, 3.8) is 0 Å². The molecule has 8 heteroatoms. The normalized spacial score (nSPS) is 21.7. The first kappa shape index (κ1) is 14.8. The van der Waals surface area contributed by atoms with Gasteiger partial charge in [-0.3, -0.25) is 9.63 Å². The predicted molar refractivity (Wildman–Crippen MR) is 77.8 cm³/mol. The first-order valence-electron chi connectivity index (χ1n) is 6.15. The molecule has 1 aromatic carbocycles. The van der Waals surface area contributed by atoms with E-state index in [2.05, 4.69) is 37.9 Å². The fraction of sp³-hybridized carbons (Fsp3) is 0.308. The summed E-state index contributed by atoms with van der Waals surface area (Å²) in [6, 6.07) is 5.55. The highest BCUT2D eigenvalue weighted by atomic mass is 16.6. The third kappa shape index (κ3) is 2.40. The minimum absolute atomic E-state index is 0.111. The lowest BCUT2D eigenvalue weighted by atomic mass is 9.94. The summed E-state index contributed by atoms with van der Waals surface area (Å²) < 4.78 is 0. The lowest BCUT2D eigenvalue weighted by Crippen LogP contribution is -2.50. The van der Waals surface area contributed by atoms with Crippen molar-refractivity contribution < 1.29 is 9.63 Å². The molecule has 1 atom stereocenters. The molecule has 0 aromatic heterocycles. The molecule has 2 N–H and O–H groups in total. The third-order valence-electron chi connectivity index (χ3n) is 3.31. The summed E-state index contributed by atoms with van der Waals surface area (Å²) in [5.41, 5.74) is 5.45. The van der Waals surface area contributed by atoms with Crippen molar-refractivity contribution >= 4 is 18.3 Å².